The second kappa shape index (κ2) is 15.0. The van der Waals surface area contributed by atoms with Gasteiger partial charge >= 0.3 is 0 Å². The minimum atomic E-state index is -3.95. The van der Waals surface area contributed by atoms with Gasteiger partial charge in [0.2, 0.25) is 0 Å². The van der Waals surface area contributed by atoms with E-state index in [4.69, 9.17) is 11.6 Å². The van der Waals surface area contributed by atoms with Crippen LogP contribution in [0.3, 0.4) is 0 Å². The van der Waals surface area contributed by atoms with Gasteiger partial charge in [-0.3, -0.25) is 9.11 Å². The van der Waals surface area contributed by atoms with Crippen molar-refractivity contribution >= 4 is 37.5 Å². The van der Waals surface area contributed by atoms with E-state index < -0.39 is 20.2 Å². The van der Waals surface area contributed by atoms with E-state index in [9.17, 15) is 25.9 Å². The normalized spacial score (nSPS) is 30.7. The zero-order chi connectivity index (χ0) is 34.9. The molecule has 48 heavy (non-hydrogen) atoms. The van der Waals surface area contributed by atoms with Gasteiger partial charge in [-0.1, -0.05) is 56.9 Å². The summed E-state index contributed by atoms with van der Waals surface area (Å²) in [6.45, 7) is 11.0. The molecule has 270 valence electrons. The fraction of sp³-hybridized carbons (Fsp3) is 0.757. The Labute approximate surface area is 295 Å². The van der Waals surface area contributed by atoms with Crippen LogP contribution in [0.25, 0.3) is 0 Å². The number of allylic oxidation sites excluding steroid dienone is 8. The number of fused-ring (bicyclic) bond motifs is 2. The third-order valence-electron chi connectivity index (χ3n) is 12.3. The molecule has 2 N–H and O–H groups in total. The molecule has 2 heterocycles. The second-order valence-corrected chi connectivity index (χ2v) is 19.6. The van der Waals surface area contributed by atoms with Crippen LogP contribution in [0, 0.1) is 22.7 Å². The maximum atomic E-state index is 11.3. The lowest BCUT2D eigenvalue weighted by Gasteiger charge is -2.34. The smallest absolute Gasteiger partial charge is 0.264 e. The predicted octanol–water partition coefficient (Wildman–Crippen LogP) is 7.93. The molecular weight excluding hydrogens is 668 g/mol. The summed E-state index contributed by atoms with van der Waals surface area (Å²) in [6, 6.07) is 0.924. The Kier molecular flexibility index (Phi) is 11.8. The molecule has 1 saturated heterocycles. The van der Waals surface area contributed by atoms with Crippen molar-refractivity contribution in [2.75, 3.05) is 24.6 Å². The maximum Gasteiger partial charge on any atom is 0.264 e. The lowest BCUT2D eigenvalue weighted by atomic mass is 9.69. The molecule has 0 amide bonds. The number of unbranched alkanes of at least 4 members (excludes halogenated alkanes) is 2. The summed E-state index contributed by atoms with van der Waals surface area (Å²) in [6.07, 6.45) is 22.7. The first-order valence-corrected chi connectivity index (χ1v) is 21.9. The molecule has 0 spiro atoms. The molecule has 5 rings (SSSR count). The first kappa shape index (κ1) is 37.8. The molecule has 5 aliphatic rings. The minimum absolute atomic E-state index is 0.00896. The molecule has 2 aliphatic heterocycles. The van der Waals surface area contributed by atoms with Crippen molar-refractivity contribution in [1.29, 1.82) is 0 Å². The topological polar surface area (TPSA) is 115 Å². The molecule has 2 saturated carbocycles. The van der Waals surface area contributed by atoms with Crippen LogP contribution in [-0.2, 0) is 20.2 Å². The lowest BCUT2D eigenvalue weighted by molar-refractivity contribution is -0.566. The van der Waals surface area contributed by atoms with Crippen molar-refractivity contribution in [3.8, 4) is 0 Å². The average molecular weight is 726 g/mol. The van der Waals surface area contributed by atoms with E-state index in [1.165, 1.54) is 49.9 Å². The van der Waals surface area contributed by atoms with Gasteiger partial charge in [0, 0.05) is 53.6 Å². The molecule has 0 radical (unpaired) electrons. The second-order valence-electron chi connectivity index (χ2n) is 16.0. The van der Waals surface area contributed by atoms with Gasteiger partial charge in [0.05, 0.1) is 16.9 Å². The number of likely N-dealkylation sites (tertiary alicyclic amines) is 1. The van der Waals surface area contributed by atoms with Crippen LogP contribution in [-0.4, -0.2) is 77.8 Å². The van der Waals surface area contributed by atoms with Gasteiger partial charge in [0.25, 0.3) is 20.2 Å². The fourth-order valence-electron chi connectivity index (χ4n) is 9.82. The van der Waals surface area contributed by atoms with E-state index in [1.807, 2.05) is 0 Å². The molecular formula is C37H58ClN2O6S2+. The van der Waals surface area contributed by atoms with Crippen LogP contribution >= 0.6 is 11.6 Å². The zero-order valence-electron chi connectivity index (χ0n) is 29.5. The van der Waals surface area contributed by atoms with Crippen LogP contribution < -0.4 is 0 Å². The summed E-state index contributed by atoms with van der Waals surface area (Å²) < 4.78 is 66.2. The summed E-state index contributed by atoms with van der Waals surface area (Å²) in [5, 5.41) is 0.824. The molecule has 3 aliphatic carbocycles. The number of hydrogen-bond acceptors (Lipinski definition) is 5. The Morgan fingerprint density at radius 3 is 2.10 bits per heavy atom. The molecule has 4 unspecified atom stereocenters. The number of rotatable bonds is 13. The third-order valence-corrected chi connectivity index (χ3v) is 14.4. The van der Waals surface area contributed by atoms with Gasteiger partial charge in [-0.15, -0.1) is 0 Å². The van der Waals surface area contributed by atoms with E-state index in [0.717, 1.165) is 67.8 Å². The Bertz CT molecular complexity index is 1590. The monoisotopic (exact) mass is 725 g/mol. The van der Waals surface area contributed by atoms with Crippen molar-refractivity contribution in [2.45, 2.75) is 130 Å². The quantitative estimate of drug-likeness (QED) is 0.113. The summed E-state index contributed by atoms with van der Waals surface area (Å²) in [5.74, 6) is 0.748. The Morgan fingerprint density at radius 1 is 0.792 bits per heavy atom. The number of nitrogens with zero attached hydrogens (tertiary/aromatic N) is 2. The SMILES string of the molecule is CC1(C)C(/C=C/C2=C(Cl)C(=C/C=C3/N(CCCCS(=O)(=O)O)C4CCCCC4C3(C)C)/CC2)=[N+](CCCCS(=O)(=O)O)C2CCCCC21. The maximum absolute atomic E-state index is 11.3. The molecule has 11 heteroatoms. The van der Waals surface area contributed by atoms with Crippen molar-refractivity contribution in [3.63, 3.8) is 0 Å². The molecule has 8 nitrogen and oxygen atoms in total. The van der Waals surface area contributed by atoms with Gasteiger partial charge in [-0.25, -0.2) is 4.58 Å². The van der Waals surface area contributed by atoms with Crippen LogP contribution in [0.4, 0.5) is 0 Å². The van der Waals surface area contributed by atoms with Gasteiger partial charge in [-0.05, 0) is 94.8 Å². The lowest BCUT2D eigenvalue weighted by Crippen LogP contribution is -2.35. The van der Waals surface area contributed by atoms with E-state index >= 15 is 0 Å². The first-order chi connectivity index (χ1) is 22.5. The van der Waals surface area contributed by atoms with Crippen molar-refractivity contribution in [2.24, 2.45) is 22.7 Å². The van der Waals surface area contributed by atoms with Crippen LogP contribution in [0.15, 0.2) is 46.2 Å². The Hall–Kier alpha value is -1.46. The fourth-order valence-corrected chi connectivity index (χ4v) is 11.3. The molecule has 0 aromatic heterocycles. The van der Waals surface area contributed by atoms with Gasteiger partial charge in [-0.2, -0.15) is 16.8 Å². The van der Waals surface area contributed by atoms with Crippen molar-refractivity contribution < 1.29 is 30.5 Å². The number of hydrogen-bond donors (Lipinski definition) is 2. The highest BCUT2D eigenvalue weighted by Gasteiger charge is 2.54. The third kappa shape index (κ3) is 8.52. The zero-order valence-corrected chi connectivity index (χ0v) is 31.9. The summed E-state index contributed by atoms with van der Waals surface area (Å²) >= 11 is 7.10. The van der Waals surface area contributed by atoms with Gasteiger partial charge in [0.1, 0.15) is 6.54 Å². The summed E-state index contributed by atoms with van der Waals surface area (Å²) in [4.78, 5) is 2.53. The molecule has 3 fully saturated rings. The Morgan fingerprint density at radius 2 is 1.42 bits per heavy atom. The molecule has 4 atom stereocenters. The van der Waals surface area contributed by atoms with Crippen LogP contribution in [0.1, 0.15) is 118 Å². The summed E-state index contributed by atoms with van der Waals surface area (Å²) in [5.41, 5.74) is 4.93. The van der Waals surface area contributed by atoms with Crippen molar-refractivity contribution in [3.05, 3.63) is 46.2 Å². The van der Waals surface area contributed by atoms with Gasteiger partial charge in [0.15, 0.2) is 11.8 Å². The highest BCUT2D eigenvalue weighted by Crippen LogP contribution is 2.53. The average Bonchev–Trinajstić information content (AvgIpc) is 3.54. The van der Waals surface area contributed by atoms with Crippen LogP contribution in [0.5, 0.6) is 0 Å². The highest BCUT2D eigenvalue weighted by atomic mass is 35.5. The van der Waals surface area contributed by atoms with Crippen molar-refractivity contribution in [1.82, 2.24) is 4.90 Å². The van der Waals surface area contributed by atoms with E-state index in [2.05, 4.69) is 61.5 Å². The molecule has 0 bridgehead atoms. The van der Waals surface area contributed by atoms with E-state index in [1.54, 1.807) is 0 Å². The summed E-state index contributed by atoms with van der Waals surface area (Å²) in [7, 11) is -7.90. The highest BCUT2D eigenvalue weighted by molar-refractivity contribution is 7.86. The largest absolute Gasteiger partial charge is 0.371 e. The standard InChI is InChI=1S/C37H57ClN2O6S2/c1-36(2)29-13-5-7-15-31(29)39(23-9-11-25-47(41,42)43)33(36)21-19-27-17-18-28(35(27)38)20-22-34-37(3,4)30-14-6-8-16-32(30)40(34)24-10-12-26-48(44,45)46/h19-22,29-32H,5-18,23-26H2,1-4H3,(H-,41,42,43,44,45,46)/p+1. The number of halogens is 1. The first-order valence-electron chi connectivity index (χ1n) is 18.3. The van der Waals surface area contributed by atoms with Gasteiger partial charge < -0.3 is 4.90 Å². The molecule has 0 aromatic rings. The van der Waals surface area contributed by atoms with E-state index in [0.29, 0.717) is 36.8 Å². The predicted molar refractivity (Wildman–Crippen MR) is 195 cm³/mol. The molecule has 0 aromatic carbocycles. The van der Waals surface area contributed by atoms with E-state index in [-0.39, 0.29) is 22.3 Å². The van der Waals surface area contributed by atoms with Crippen LogP contribution in [0.2, 0.25) is 0 Å². The Balaban J connectivity index is 1.37. The minimum Gasteiger partial charge on any atom is -0.371 e.